The van der Waals surface area contributed by atoms with Gasteiger partial charge in [0.05, 0.1) is 6.61 Å². The van der Waals surface area contributed by atoms with E-state index < -0.39 is 42.1 Å². The number of carbonyl (C=O) groups excluding carboxylic acids is 1. The van der Waals surface area contributed by atoms with Gasteiger partial charge in [0.1, 0.15) is 12.2 Å². The lowest BCUT2D eigenvalue weighted by atomic mass is 9.98. The molecule has 102 valence electrons. The summed E-state index contributed by atoms with van der Waals surface area (Å²) in [6, 6.07) is 1.06. The highest BCUT2D eigenvalue weighted by molar-refractivity contribution is 5.98. The molecule has 19 heavy (non-hydrogen) atoms. The second-order valence-electron chi connectivity index (χ2n) is 4.06. The Bertz CT molecular complexity index is 631. The lowest BCUT2D eigenvalue weighted by Crippen LogP contribution is -2.48. The summed E-state index contributed by atoms with van der Waals surface area (Å²) in [4.78, 5) is 36.4. The SMILES string of the molecule is C=C1C(=O)[C@H](n2ccc(=O)[nH]c2=O)O[C@H](CO)[C@H]1O. The van der Waals surface area contributed by atoms with Gasteiger partial charge in [-0.3, -0.25) is 19.1 Å². The van der Waals surface area contributed by atoms with Crippen molar-refractivity contribution in [2.45, 2.75) is 18.4 Å². The molecule has 1 fully saturated rings. The first-order valence-electron chi connectivity index (χ1n) is 5.44. The van der Waals surface area contributed by atoms with Crippen LogP contribution in [0.2, 0.25) is 0 Å². The molecule has 1 aliphatic heterocycles. The lowest BCUT2D eigenvalue weighted by Gasteiger charge is -2.33. The third kappa shape index (κ3) is 2.28. The number of hydrogen-bond acceptors (Lipinski definition) is 6. The molecule has 2 heterocycles. The first kappa shape index (κ1) is 13.4. The number of aliphatic hydroxyl groups excluding tert-OH is 2. The Morgan fingerprint density at radius 1 is 1.42 bits per heavy atom. The maximum absolute atomic E-state index is 11.9. The monoisotopic (exact) mass is 268 g/mol. The van der Waals surface area contributed by atoms with Crippen molar-refractivity contribution in [3.05, 3.63) is 45.3 Å². The molecule has 1 saturated heterocycles. The van der Waals surface area contributed by atoms with E-state index in [9.17, 15) is 19.5 Å². The molecule has 0 unspecified atom stereocenters. The molecule has 0 aliphatic carbocycles. The predicted molar refractivity (Wildman–Crippen MR) is 62.5 cm³/mol. The van der Waals surface area contributed by atoms with Crippen LogP contribution in [0.1, 0.15) is 6.23 Å². The van der Waals surface area contributed by atoms with Gasteiger partial charge < -0.3 is 14.9 Å². The van der Waals surface area contributed by atoms with Crippen LogP contribution >= 0.6 is 0 Å². The van der Waals surface area contributed by atoms with Crippen LogP contribution in [0.25, 0.3) is 0 Å². The highest BCUT2D eigenvalue weighted by Crippen LogP contribution is 2.26. The van der Waals surface area contributed by atoms with Crippen molar-refractivity contribution in [2.75, 3.05) is 6.61 Å². The van der Waals surface area contributed by atoms with Gasteiger partial charge >= 0.3 is 5.69 Å². The van der Waals surface area contributed by atoms with Crippen molar-refractivity contribution in [3.8, 4) is 0 Å². The van der Waals surface area contributed by atoms with E-state index in [4.69, 9.17) is 9.84 Å². The van der Waals surface area contributed by atoms with Crippen molar-refractivity contribution in [2.24, 2.45) is 0 Å². The average Bonchev–Trinajstić information content (AvgIpc) is 2.38. The summed E-state index contributed by atoms with van der Waals surface area (Å²) in [5.41, 5.74) is -1.60. The molecule has 1 aliphatic rings. The molecule has 0 amide bonds. The van der Waals surface area contributed by atoms with Crippen LogP contribution in [-0.4, -0.2) is 44.4 Å². The first-order chi connectivity index (χ1) is 8.95. The van der Waals surface area contributed by atoms with E-state index in [0.29, 0.717) is 0 Å². The molecule has 0 bridgehead atoms. The van der Waals surface area contributed by atoms with Crippen LogP contribution in [0.15, 0.2) is 34.0 Å². The Balaban J connectivity index is 2.44. The Morgan fingerprint density at radius 2 is 2.11 bits per heavy atom. The van der Waals surface area contributed by atoms with E-state index in [1.54, 1.807) is 0 Å². The number of aliphatic hydroxyl groups is 2. The maximum Gasteiger partial charge on any atom is 0.330 e. The fraction of sp³-hybridized carbons (Fsp3) is 0.364. The lowest BCUT2D eigenvalue weighted by molar-refractivity contribution is -0.164. The molecule has 8 heteroatoms. The third-order valence-electron chi connectivity index (χ3n) is 2.84. The number of aromatic nitrogens is 2. The zero-order valence-corrected chi connectivity index (χ0v) is 9.78. The normalized spacial score (nSPS) is 27.6. The fourth-order valence-electron chi connectivity index (χ4n) is 1.78. The number of hydrogen-bond donors (Lipinski definition) is 3. The topological polar surface area (TPSA) is 122 Å². The summed E-state index contributed by atoms with van der Waals surface area (Å²) >= 11 is 0. The highest BCUT2D eigenvalue weighted by atomic mass is 16.5. The highest BCUT2D eigenvalue weighted by Gasteiger charge is 2.40. The van der Waals surface area contributed by atoms with Gasteiger partial charge in [0.25, 0.3) is 5.56 Å². The smallest absolute Gasteiger partial charge is 0.330 e. The summed E-state index contributed by atoms with van der Waals surface area (Å²) in [5, 5.41) is 18.7. The van der Waals surface area contributed by atoms with Gasteiger partial charge in [0.15, 0.2) is 0 Å². The van der Waals surface area contributed by atoms with Crippen molar-refractivity contribution in [1.29, 1.82) is 0 Å². The summed E-state index contributed by atoms with van der Waals surface area (Å²) in [5.74, 6) is -0.689. The molecule has 0 radical (unpaired) electrons. The van der Waals surface area contributed by atoms with E-state index >= 15 is 0 Å². The number of carbonyl (C=O) groups is 1. The van der Waals surface area contributed by atoms with Crippen molar-refractivity contribution >= 4 is 5.78 Å². The second kappa shape index (κ2) is 4.92. The van der Waals surface area contributed by atoms with Gasteiger partial charge in [-0.2, -0.15) is 0 Å². The number of ketones is 1. The number of Topliss-reactive ketones (excluding diaryl/α,β-unsaturated/α-hetero) is 1. The summed E-state index contributed by atoms with van der Waals surface area (Å²) < 4.78 is 6.03. The number of aromatic amines is 1. The van der Waals surface area contributed by atoms with Crippen LogP contribution in [0.5, 0.6) is 0 Å². The average molecular weight is 268 g/mol. The summed E-state index contributed by atoms with van der Waals surface area (Å²) in [7, 11) is 0. The van der Waals surface area contributed by atoms with Crippen LogP contribution in [0.3, 0.4) is 0 Å². The van der Waals surface area contributed by atoms with Gasteiger partial charge in [0.2, 0.25) is 12.0 Å². The minimum absolute atomic E-state index is 0.159. The zero-order valence-electron chi connectivity index (χ0n) is 9.78. The third-order valence-corrected chi connectivity index (χ3v) is 2.84. The first-order valence-corrected chi connectivity index (χ1v) is 5.44. The Kier molecular flexibility index (Phi) is 3.47. The van der Waals surface area contributed by atoms with Crippen LogP contribution in [-0.2, 0) is 9.53 Å². The molecule has 1 aromatic rings. The Morgan fingerprint density at radius 3 is 2.68 bits per heavy atom. The molecule has 0 aromatic carbocycles. The van der Waals surface area contributed by atoms with E-state index in [-0.39, 0.29) is 5.57 Å². The predicted octanol–water partition coefficient (Wildman–Crippen LogP) is -2.09. The number of rotatable bonds is 2. The number of nitrogens with one attached hydrogen (secondary N) is 1. The summed E-state index contributed by atoms with van der Waals surface area (Å²) in [6.07, 6.45) is -2.65. The van der Waals surface area contributed by atoms with Gasteiger partial charge in [-0.05, 0) is 0 Å². The summed E-state index contributed by atoms with van der Waals surface area (Å²) in [6.45, 7) is 2.88. The van der Waals surface area contributed by atoms with Crippen molar-refractivity contribution in [1.82, 2.24) is 9.55 Å². The number of ether oxygens (including phenoxy) is 1. The molecule has 2 rings (SSSR count). The molecule has 3 N–H and O–H groups in total. The molecular weight excluding hydrogens is 256 g/mol. The second-order valence-corrected chi connectivity index (χ2v) is 4.06. The van der Waals surface area contributed by atoms with Gasteiger partial charge in [-0.25, -0.2) is 4.79 Å². The molecule has 0 spiro atoms. The maximum atomic E-state index is 11.9. The molecule has 3 atom stereocenters. The largest absolute Gasteiger partial charge is 0.394 e. The molecular formula is C11H12N2O6. The number of nitrogens with zero attached hydrogens (tertiary/aromatic N) is 1. The molecule has 0 saturated carbocycles. The minimum Gasteiger partial charge on any atom is -0.394 e. The van der Waals surface area contributed by atoms with Crippen LogP contribution < -0.4 is 11.2 Å². The Hall–Kier alpha value is -2.03. The standard InChI is InChI=1S/C11H12N2O6/c1-5-8(16)6(4-14)19-10(9(5)17)13-3-2-7(15)12-11(13)18/h2-3,6,8,10,14,16H,1,4H2,(H,12,15,18)/t6-,8+,10-/m1/s1. The van der Waals surface area contributed by atoms with E-state index in [1.165, 1.54) is 0 Å². The van der Waals surface area contributed by atoms with Crippen LogP contribution in [0, 0.1) is 0 Å². The number of H-pyrrole nitrogens is 1. The molecule has 8 nitrogen and oxygen atoms in total. The quantitative estimate of drug-likeness (QED) is 0.529. The van der Waals surface area contributed by atoms with E-state index in [1.807, 2.05) is 4.98 Å². The molecule has 1 aromatic heterocycles. The van der Waals surface area contributed by atoms with Crippen molar-refractivity contribution in [3.63, 3.8) is 0 Å². The van der Waals surface area contributed by atoms with E-state index in [2.05, 4.69) is 6.58 Å². The van der Waals surface area contributed by atoms with Gasteiger partial charge in [-0.1, -0.05) is 6.58 Å². The van der Waals surface area contributed by atoms with Gasteiger partial charge in [-0.15, -0.1) is 0 Å². The Labute approximate surface area is 106 Å². The zero-order chi connectivity index (χ0) is 14.2. The van der Waals surface area contributed by atoms with Crippen LogP contribution in [0.4, 0.5) is 0 Å². The van der Waals surface area contributed by atoms with E-state index in [0.717, 1.165) is 16.8 Å². The minimum atomic E-state index is -1.36. The fourth-order valence-corrected chi connectivity index (χ4v) is 1.78. The van der Waals surface area contributed by atoms with Gasteiger partial charge in [0, 0.05) is 17.8 Å². The van der Waals surface area contributed by atoms with Crippen molar-refractivity contribution < 1.29 is 19.7 Å².